The normalized spacial score (nSPS) is 17.0. The molecule has 156 valence electrons. The van der Waals surface area contributed by atoms with Gasteiger partial charge in [0.05, 0.1) is 4.90 Å². The van der Waals surface area contributed by atoms with E-state index in [1.807, 2.05) is 37.3 Å². The Bertz CT molecular complexity index is 923. The predicted molar refractivity (Wildman–Crippen MR) is 115 cm³/mol. The van der Waals surface area contributed by atoms with Gasteiger partial charge in [-0.1, -0.05) is 50.2 Å². The van der Waals surface area contributed by atoms with Crippen LogP contribution in [0.4, 0.5) is 5.69 Å². The maximum atomic E-state index is 13.0. The van der Waals surface area contributed by atoms with Crippen molar-refractivity contribution in [1.82, 2.24) is 9.21 Å². The molecule has 2 aromatic rings. The van der Waals surface area contributed by atoms with Gasteiger partial charge >= 0.3 is 0 Å². The molecule has 7 heteroatoms. The first-order valence-corrected chi connectivity index (χ1v) is 11.5. The highest BCUT2D eigenvalue weighted by atomic mass is 32.2. The summed E-state index contributed by atoms with van der Waals surface area (Å²) in [4.78, 5) is 14.9. The van der Waals surface area contributed by atoms with E-state index in [1.54, 1.807) is 24.3 Å². The van der Waals surface area contributed by atoms with Crippen LogP contribution in [0.3, 0.4) is 0 Å². The van der Waals surface area contributed by atoms with E-state index in [9.17, 15) is 13.2 Å². The minimum Gasteiger partial charge on any atom is -0.326 e. The third-order valence-electron chi connectivity index (χ3n) is 5.39. The van der Waals surface area contributed by atoms with Crippen molar-refractivity contribution in [3.63, 3.8) is 0 Å². The number of nitrogens with zero attached hydrogens (tertiary/aromatic N) is 2. The Kier molecular flexibility index (Phi) is 7.05. The molecular formula is C22H29N3O3S. The lowest BCUT2D eigenvalue weighted by Crippen LogP contribution is -2.48. The highest BCUT2D eigenvalue weighted by molar-refractivity contribution is 7.89. The van der Waals surface area contributed by atoms with Gasteiger partial charge in [-0.15, -0.1) is 0 Å². The topological polar surface area (TPSA) is 69.7 Å². The third-order valence-corrected chi connectivity index (χ3v) is 7.29. The van der Waals surface area contributed by atoms with Crippen LogP contribution in [0, 0.1) is 0 Å². The van der Waals surface area contributed by atoms with Crippen molar-refractivity contribution < 1.29 is 13.2 Å². The Morgan fingerprint density at radius 1 is 1.03 bits per heavy atom. The number of hydrogen-bond donors (Lipinski definition) is 1. The molecule has 2 aromatic carbocycles. The monoisotopic (exact) mass is 415 g/mol. The molecule has 1 aliphatic heterocycles. The van der Waals surface area contributed by atoms with Gasteiger partial charge in [0, 0.05) is 38.3 Å². The molecule has 0 bridgehead atoms. The van der Waals surface area contributed by atoms with Crippen molar-refractivity contribution in [2.24, 2.45) is 0 Å². The zero-order valence-corrected chi connectivity index (χ0v) is 17.9. The summed E-state index contributed by atoms with van der Waals surface area (Å²) in [5.41, 5.74) is 1.61. The number of sulfonamides is 1. The number of amides is 1. The number of rotatable bonds is 7. The molecule has 1 unspecified atom stereocenters. The minimum atomic E-state index is -3.56. The van der Waals surface area contributed by atoms with Crippen molar-refractivity contribution in [3.05, 3.63) is 60.2 Å². The smallest absolute Gasteiger partial charge is 0.243 e. The standard InChI is InChI=1S/C22H29N3O3S/c1-3-24-12-14-25(15-13-24)29(27,28)21-11-7-10-20(17-21)23-22(26)16-18(2)19-8-5-4-6-9-19/h4-11,17-18H,3,12-16H2,1-2H3,(H,23,26). The van der Waals surface area contributed by atoms with Gasteiger partial charge in [-0.25, -0.2) is 8.42 Å². The van der Waals surface area contributed by atoms with Crippen molar-refractivity contribution >= 4 is 21.6 Å². The van der Waals surface area contributed by atoms with Gasteiger partial charge in [-0.05, 0) is 36.2 Å². The quantitative estimate of drug-likeness (QED) is 0.754. The Morgan fingerprint density at radius 2 is 1.72 bits per heavy atom. The summed E-state index contributed by atoms with van der Waals surface area (Å²) in [6.45, 7) is 7.47. The van der Waals surface area contributed by atoms with Gasteiger partial charge in [-0.3, -0.25) is 4.79 Å². The van der Waals surface area contributed by atoms with Gasteiger partial charge in [-0.2, -0.15) is 4.31 Å². The van der Waals surface area contributed by atoms with E-state index in [0.29, 0.717) is 25.2 Å². The highest BCUT2D eigenvalue weighted by Gasteiger charge is 2.28. The van der Waals surface area contributed by atoms with Crippen LogP contribution >= 0.6 is 0 Å². The summed E-state index contributed by atoms with van der Waals surface area (Å²) in [5, 5.41) is 2.84. The van der Waals surface area contributed by atoms with Gasteiger partial charge in [0.15, 0.2) is 0 Å². The van der Waals surface area contributed by atoms with Crippen molar-refractivity contribution in [2.45, 2.75) is 31.1 Å². The van der Waals surface area contributed by atoms with E-state index in [-0.39, 0.29) is 16.7 Å². The fourth-order valence-electron chi connectivity index (χ4n) is 3.56. The fourth-order valence-corrected chi connectivity index (χ4v) is 5.03. The summed E-state index contributed by atoms with van der Waals surface area (Å²) in [5.74, 6) is -0.0505. The number of hydrogen-bond acceptors (Lipinski definition) is 4. The Hall–Kier alpha value is -2.22. The molecule has 0 aromatic heterocycles. The number of nitrogens with one attached hydrogen (secondary N) is 1. The van der Waals surface area contributed by atoms with Crippen molar-refractivity contribution in [3.8, 4) is 0 Å². The molecule has 1 saturated heterocycles. The summed E-state index contributed by atoms with van der Waals surface area (Å²) in [6.07, 6.45) is 0.333. The number of piperazine rings is 1. The Balaban J connectivity index is 1.65. The van der Waals surface area contributed by atoms with Gasteiger partial charge < -0.3 is 10.2 Å². The summed E-state index contributed by atoms with van der Waals surface area (Å²) in [7, 11) is -3.56. The first kappa shape index (κ1) is 21.5. The maximum absolute atomic E-state index is 13.0. The second-order valence-corrected chi connectivity index (χ2v) is 9.37. The molecule has 1 aliphatic rings. The van der Waals surface area contributed by atoms with Crippen LogP contribution in [0.25, 0.3) is 0 Å². The van der Waals surface area contributed by atoms with Crippen LogP contribution in [0.1, 0.15) is 31.7 Å². The molecule has 1 atom stereocenters. The molecule has 29 heavy (non-hydrogen) atoms. The SMILES string of the molecule is CCN1CCN(S(=O)(=O)c2cccc(NC(=O)CC(C)c3ccccc3)c2)CC1. The molecule has 1 fully saturated rings. The van der Waals surface area contributed by atoms with Crippen LogP contribution in [0.2, 0.25) is 0 Å². The maximum Gasteiger partial charge on any atom is 0.243 e. The van der Waals surface area contributed by atoms with Crippen molar-refractivity contribution in [2.75, 3.05) is 38.0 Å². The fraction of sp³-hybridized carbons (Fsp3) is 0.409. The average Bonchev–Trinajstić information content (AvgIpc) is 2.74. The number of anilines is 1. The van der Waals surface area contributed by atoms with Crippen LogP contribution in [-0.2, 0) is 14.8 Å². The van der Waals surface area contributed by atoms with E-state index in [1.165, 1.54) is 4.31 Å². The lowest BCUT2D eigenvalue weighted by atomic mass is 9.97. The number of carbonyl (C=O) groups excluding carboxylic acids is 1. The molecule has 1 heterocycles. The molecule has 6 nitrogen and oxygen atoms in total. The molecule has 0 aliphatic carbocycles. The number of benzene rings is 2. The van der Waals surface area contributed by atoms with Crippen LogP contribution in [0.5, 0.6) is 0 Å². The molecule has 1 N–H and O–H groups in total. The van der Waals surface area contributed by atoms with Crippen LogP contribution < -0.4 is 5.32 Å². The molecule has 3 rings (SSSR count). The third kappa shape index (κ3) is 5.44. The molecule has 0 saturated carbocycles. The van der Waals surface area contributed by atoms with Crippen LogP contribution in [0.15, 0.2) is 59.5 Å². The van der Waals surface area contributed by atoms with E-state index in [2.05, 4.69) is 17.1 Å². The highest BCUT2D eigenvalue weighted by Crippen LogP contribution is 2.23. The first-order valence-electron chi connectivity index (χ1n) is 10.1. The Labute approximate surface area is 173 Å². The van der Waals surface area contributed by atoms with Gasteiger partial charge in [0.1, 0.15) is 0 Å². The van der Waals surface area contributed by atoms with E-state index >= 15 is 0 Å². The minimum absolute atomic E-state index is 0.0815. The molecule has 1 amide bonds. The molecular weight excluding hydrogens is 386 g/mol. The van der Waals surface area contributed by atoms with E-state index < -0.39 is 10.0 Å². The second-order valence-electron chi connectivity index (χ2n) is 7.43. The van der Waals surface area contributed by atoms with Crippen LogP contribution in [-0.4, -0.2) is 56.3 Å². The lowest BCUT2D eigenvalue weighted by Gasteiger charge is -2.33. The predicted octanol–water partition coefficient (Wildman–Crippen LogP) is 3.15. The van der Waals surface area contributed by atoms with Crippen molar-refractivity contribution in [1.29, 1.82) is 0 Å². The average molecular weight is 416 g/mol. The second kappa shape index (κ2) is 9.52. The summed E-state index contributed by atoms with van der Waals surface area (Å²) < 4.78 is 27.5. The molecule has 0 spiro atoms. The van der Waals surface area contributed by atoms with Gasteiger partial charge in [0.2, 0.25) is 15.9 Å². The zero-order valence-electron chi connectivity index (χ0n) is 17.0. The van der Waals surface area contributed by atoms with Gasteiger partial charge in [0.25, 0.3) is 0 Å². The summed E-state index contributed by atoms with van der Waals surface area (Å²) >= 11 is 0. The molecule has 0 radical (unpaired) electrons. The lowest BCUT2D eigenvalue weighted by molar-refractivity contribution is -0.116. The number of likely N-dealkylation sites (N-methyl/N-ethyl adjacent to an activating group) is 1. The zero-order chi connectivity index (χ0) is 20.9. The summed E-state index contributed by atoms with van der Waals surface area (Å²) in [6, 6.07) is 16.4. The number of carbonyl (C=O) groups is 1. The largest absolute Gasteiger partial charge is 0.326 e. The van der Waals surface area contributed by atoms with E-state index in [0.717, 1.165) is 25.2 Å². The van der Waals surface area contributed by atoms with E-state index in [4.69, 9.17) is 0 Å². The Morgan fingerprint density at radius 3 is 2.38 bits per heavy atom. The first-order chi connectivity index (χ1) is 13.9.